The van der Waals surface area contributed by atoms with E-state index in [1.165, 1.54) is 0 Å². The fourth-order valence-corrected chi connectivity index (χ4v) is 1.45. The second kappa shape index (κ2) is 5.44. The molecule has 0 saturated heterocycles. The second-order valence-electron chi connectivity index (χ2n) is 3.29. The second-order valence-corrected chi connectivity index (χ2v) is 3.29. The maximum Gasteiger partial charge on any atom is 0.232 e. The Hall–Kier alpha value is -1.45. The van der Waals surface area contributed by atoms with Crippen LogP contribution in [0.15, 0.2) is 12.4 Å². The molecular formula is C11H16N2O2. The van der Waals surface area contributed by atoms with Crippen molar-refractivity contribution in [3.05, 3.63) is 18.1 Å². The molecule has 0 fully saturated rings. The molecule has 0 aliphatic carbocycles. The molecule has 0 bridgehead atoms. The maximum atomic E-state index is 11.3. The van der Waals surface area contributed by atoms with Crippen LogP contribution in [-0.4, -0.2) is 22.4 Å². The van der Waals surface area contributed by atoms with Crippen LogP contribution < -0.4 is 4.74 Å². The zero-order valence-corrected chi connectivity index (χ0v) is 9.36. The molecular weight excluding hydrogens is 192 g/mol. The molecule has 15 heavy (non-hydrogen) atoms. The molecule has 0 aromatic carbocycles. The molecule has 0 saturated carbocycles. The normalized spacial score (nSPS) is 12.2. The summed E-state index contributed by atoms with van der Waals surface area (Å²) in [4.78, 5) is 19.6. The van der Waals surface area contributed by atoms with Gasteiger partial charge in [-0.1, -0.05) is 6.92 Å². The predicted molar refractivity (Wildman–Crippen MR) is 56.9 cm³/mol. The summed E-state index contributed by atoms with van der Waals surface area (Å²) in [6, 6.07) is 0. The third-order valence-corrected chi connectivity index (χ3v) is 2.18. The van der Waals surface area contributed by atoms with Crippen LogP contribution in [-0.2, 0) is 4.79 Å². The first-order valence-electron chi connectivity index (χ1n) is 5.14. The number of hydrogen-bond acceptors (Lipinski definition) is 4. The predicted octanol–water partition coefficient (Wildman–Crippen LogP) is 1.96. The highest BCUT2D eigenvalue weighted by Gasteiger charge is 2.16. The number of rotatable bonds is 5. The van der Waals surface area contributed by atoms with Crippen LogP contribution in [0, 0.1) is 0 Å². The Morgan fingerprint density at radius 2 is 2.20 bits per heavy atom. The van der Waals surface area contributed by atoms with Crippen molar-refractivity contribution in [3.8, 4) is 5.88 Å². The van der Waals surface area contributed by atoms with Gasteiger partial charge in [-0.05, 0) is 20.3 Å². The fourth-order valence-electron chi connectivity index (χ4n) is 1.45. The lowest BCUT2D eigenvalue weighted by atomic mass is 9.99. The van der Waals surface area contributed by atoms with E-state index in [1.54, 1.807) is 19.3 Å². The van der Waals surface area contributed by atoms with Crippen molar-refractivity contribution in [3.63, 3.8) is 0 Å². The molecule has 0 spiro atoms. The number of nitrogens with zero attached hydrogens (tertiary/aromatic N) is 2. The number of ether oxygens (including phenoxy) is 1. The van der Waals surface area contributed by atoms with Crippen LogP contribution in [0.2, 0.25) is 0 Å². The number of Topliss-reactive ketones (excluding diaryl/α,β-unsaturated/α-hetero) is 1. The Bertz CT molecular complexity index is 339. The molecule has 1 heterocycles. The van der Waals surface area contributed by atoms with Crippen molar-refractivity contribution in [2.24, 2.45) is 0 Å². The van der Waals surface area contributed by atoms with E-state index in [4.69, 9.17) is 4.74 Å². The molecule has 0 radical (unpaired) electrons. The highest BCUT2D eigenvalue weighted by atomic mass is 16.5. The summed E-state index contributed by atoms with van der Waals surface area (Å²) in [6.45, 7) is 5.97. The Balaban J connectivity index is 2.92. The molecule has 1 unspecified atom stereocenters. The largest absolute Gasteiger partial charge is 0.477 e. The van der Waals surface area contributed by atoms with Crippen molar-refractivity contribution in [1.82, 2.24) is 9.97 Å². The summed E-state index contributed by atoms with van der Waals surface area (Å²) < 4.78 is 5.24. The Morgan fingerprint density at radius 1 is 1.47 bits per heavy atom. The number of ketones is 1. The molecule has 1 atom stereocenters. The summed E-state index contributed by atoms with van der Waals surface area (Å²) >= 11 is 0. The van der Waals surface area contributed by atoms with E-state index in [2.05, 4.69) is 9.97 Å². The van der Waals surface area contributed by atoms with Crippen molar-refractivity contribution in [2.75, 3.05) is 6.61 Å². The van der Waals surface area contributed by atoms with E-state index in [-0.39, 0.29) is 11.7 Å². The molecule has 4 nitrogen and oxygen atoms in total. The van der Waals surface area contributed by atoms with Gasteiger partial charge in [0.1, 0.15) is 5.78 Å². The minimum atomic E-state index is -0.169. The molecule has 0 aliphatic heterocycles. The van der Waals surface area contributed by atoms with Gasteiger partial charge in [-0.15, -0.1) is 0 Å². The van der Waals surface area contributed by atoms with Crippen LogP contribution in [0.4, 0.5) is 0 Å². The number of aromatic nitrogens is 2. The van der Waals surface area contributed by atoms with Gasteiger partial charge >= 0.3 is 0 Å². The minimum absolute atomic E-state index is 0.112. The molecule has 82 valence electrons. The van der Waals surface area contributed by atoms with Crippen molar-refractivity contribution in [1.29, 1.82) is 0 Å². The summed E-state index contributed by atoms with van der Waals surface area (Å²) in [5, 5.41) is 0. The van der Waals surface area contributed by atoms with E-state index in [0.29, 0.717) is 18.2 Å². The molecule has 0 aliphatic rings. The molecule has 1 rings (SSSR count). The molecule has 0 N–H and O–H groups in total. The summed E-state index contributed by atoms with van der Waals surface area (Å²) in [6.07, 6.45) is 3.91. The fraction of sp³-hybridized carbons (Fsp3) is 0.545. The van der Waals surface area contributed by atoms with Gasteiger partial charge in [0.25, 0.3) is 0 Å². The van der Waals surface area contributed by atoms with Gasteiger partial charge in [-0.2, -0.15) is 0 Å². The number of carbonyl (C=O) groups excluding carboxylic acids is 1. The van der Waals surface area contributed by atoms with Crippen LogP contribution in [0.1, 0.15) is 38.8 Å². The van der Waals surface area contributed by atoms with Gasteiger partial charge in [0, 0.05) is 6.20 Å². The average molecular weight is 208 g/mol. The summed E-state index contributed by atoms with van der Waals surface area (Å²) in [5.74, 6) is 0.424. The lowest BCUT2D eigenvalue weighted by molar-refractivity contribution is -0.118. The van der Waals surface area contributed by atoms with Crippen LogP contribution >= 0.6 is 0 Å². The molecule has 1 aromatic heterocycles. The SMILES string of the molecule is CCOc1cncc(C(CC)C(C)=O)n1. The summed E-state index contributed by atoms with van der Waals surface area (Å²) in [5.41, 5.74) is 0.691. The maximum absolute atomic E-state index is 11.3. The van der Waals surface area contributed by atoms with E-state index >= 15 is 0 Å². The third kappa shape index (κ3) is 3.01. The highest BCUT2D eigenvalue weighted by molar-refractivity contribution is 5.82. The standard InChI is InChI=1S/C11H16N2O2/c1-4-9(8(3)14)10-6-12-7-11(13-10)15-5-2/h6-7,9H,4-5H2,1-3H3. The van der Waals surface area contributed by atoms with Crippen LogP contribution in [0.3, 0.4) is 0 Å². The molecule has 0 amide bonds. The Kier molecular flexibility index (Phi) is 4.21. The van der Waals surface area contributed by atoms with E-state index in [1.807, 2.05) is 13.8 Å². The molecule has 4 heteroatoms. The molecule has 1 aromatic rings. The van der Waals surface area contributed by atoms with Gasteiger partial charge in [0.05, 0.1) is 24.4 Å². The van der Waals surface area contributed by atoms with Gasteiger partial charge in [0.15, 0.2) is 0 Å². The minimum Gasteiger partial charge on any atom is -0.477 e. The van der Waals surface area contributed by atoms with E-state index < -0.39 is 0 Å². The highest BCUT2D eigenvalue weighted by Crippen LogP contribution is 2.19. The van der Waals surface area contributed by atoms with E-state index in [9.17, 15) is 4.79 Å². The third-order valence-electron chi connectivity index (χ3n) is 2.18. The lowest BCUT2D eigenvalue weighted by Gasteiger charge is -2.11. The van der Waals surface area contributed by atoms with Crippen LogP contribution in [0.5, 0.6) is 5.88 Å². The first-order valence-corrected chi connectivity index (χ1v) is 5.14. The Morgan fingerprint density at radius 3 is 2.73 bits per heavy atom. The van der Waals surface area contributed by atoms with Crippen molar-refractivity contribution in [2.45, 2.75) is 33.1 Å². The van der Waals surface area contributed by atoms with Crippen LogP contribution in [0.25, 0.3) is 0 Å². The van der Waals surface area contributed by atoms with Gasteiger partial charge in [-0.25, -0.2) is 4.98 Å². The van der Waals surface area contributed by atoms with Gasteiger partial charge in [-0.3, -0.25) is 9.78 Å². The smallest absolute Gasteiger partial charge is 0.232 e. The monoisotopic (exact) mass is 208 g/mol. The first-order chi connectivity index (χ1) is 7.19. The van der Waals surface area contributed by atoms with Crippen molar-refractivity contribution < 1.29 is 9.53 Å². The topological polar surface area (TPSA) is 52.1 Å². The number of hydrogen-bond donors (Lipinski definition) is 0. The van der Waals surface area contributed by atoms with Gasteiger partial charge in [0.2, 0.25) is 5.88 Å². The summed E-state index contributed by atoms with van der Waals surface area (Å²) in [7, 11) is 0. The first kappa shape index (κ1) is 11.6. The number of carbonyl (C=O) groups is 1. The average Bonchev–Trinajstić information content (AvgIpc) is 2.19. The zero-order chi connectivity index (χ0) is 11.3. The Labute approximate surface area is 89.7 Å². The lowest BCUT2D eigenvalue weighted by Crippen LogP contribution is -2.10. The van der Waals surface area contributed by atoms with Crippen molar-refractivity contribution >= 4 is 5.78 Å². The zero-order valence-electron chi connectivity index (χ0n) is 9.36. The van der Waals surface area contributed by atoms with Gasteiger partial charge < -0.3 is 4.74 Å². The van der Waals surface area contributed by atoms with E-state index in [0.717, 1.165) is 6.42 Å². The quantitative estimate of drug-likeness (QED) is 0.742.